The number of nitrogens with one attached hydrogen (secondary N) is 2. The Morgan fingerprint density at radius 3 is 2.55 bits per heavy atom. The van der Waals surface area contributed by atoms with Gasteiger partial charge in [-0.2, -0.15) is 17.4 Å². The van der Waals surface area contributed by atoms with Crippen molar-refractivity contribution >= 4 is 10.2 Å². The average Bonchev–Trinajstić information content (AvgIpc) is 2.97. The molecule has 0 radical (unpaired) electrons. The maximum atomic E-state index is 12.2. The smallest absolute Gasteiger partial charge is 0.279 e. The van der Waals surface area contributed by atoms with Crippen LogP contribution in [-0.2, 0) is 14.9 Å². The molecule has 2 aliphatic heterocycles. The van der Waals surface area contributed by atoms with E-state index in [1.54, 1.807) is 4.31 Å². The number of hydrogen-bond donors (Lipinski definition) is 2. The molecule has 1 atom stereocenters. The SMILES string of the molecule is CCNCC1CCN(S(=O)(=O)NCC2CCCO2)CC1. The molecule has 118 valence electrons. The van der Waals surface area contributed by atoms with Gasteiger partial charge in [0.25, 0.3) is 10.2 Å². The number of nitrogens with zero attached hydrogens (tertiary/aromatic N) is 1. The minimum atomic E-state index is -3.33. The molecular weight excluding hydrogens is 278 g/mol. The van der Waals surface area contributed by atoms with Crippen LogP contribution in [0.25, 0.3) is 0 Å². The monoisotopic (exact) mass is 305 g/mol. The van der Waals surface area contributed by atoms with Crippen LogP contribution in [0.2, 0.25) is 0 Å². The van der Waals surface area contributed by atoms with Gasteiger partial charge < -0.3 is 10.1 Å². The Balaban J connectivity index is 1.73. The molecule has 1 unspecified atom stereocenters. The largest absolute Gasteiger partial charge is 0.377 e. The number of hydrogen-bond acceptors (Lipinski definition) is 4. The zero-order valence-corrected chi connectivity index (χ0v) is 13.1. The van der Waals surface area contributed by atoms with Crippen molar-refractivity contribution in [2.24, 2.45) is 5.92 Å². The van der Waals surface area contributed by atoms with Crippen LogP contribution >= 0.6 is 0 Å². The Morgan fingerprint density at radius 1 is 1.20 bits per heavy atom. The highest BCUT2D eigenvalue weighted by Gasteiger charge is 2.28. The van der Waals surface area contributed by atoms with E-state index in [0.29, 0.717) is 25.6 Å². The molecular formula is C13H27N3O3S. The molecule has 6 nitrogen and oxygen atoms in total. The summed E-state index contributed by atoms with van der Waals surface area (Å²) < 4.78 is 34.1. The standard InChI is InChI=1S/C13H27N3O3S/c1-2-14-10-12-5-7-16(8-6-12)20(17,18)15-11-13-4-3-9-19-13/h12-15H,2-11H2,1H3. The second kappa shape index (κ2) is 7.70. The minimum absolute atomic E-state index is 0.0519. The number of piperidine rings is 1. The predicted octanol–water partition coefficient (Wildman–Crippen LogP) is 0.321. The third-order valence-electron chi connectivity index (χ3n) is 4.11. The molecule has 2 saturated heterocycles. The summed E-state index contributed by atoms with van der Waals surface area (Å²) in [6.07, 6.45) is 3.91. The van der Waals surface area contributed by atoms with Gasteiger partial charge in [-0.25, -0.2) is 0 Å². The van der Waals surface area contributed by atoms with Gasteiger partial charge in [0.1, 0.15) is 0 Å². The Morgan fingerprint density at radius 2 is 1.95 bits per heavy atom. The van der Waals surface area contributed by atoms with Gasteiger partial charge in [0.2, 0.25) is 0 Å². The Bertz CT molecular complexity index is 374. The van der Waals surface area contributed by atoms with Crippen LogP contribution in [0.15, 0.2) is 0 Å². The summed E-state index contributed by atoms with van der Waals surface area (Å²) >= 11 is 0. The molecule has 2 N–H and O–H groups in total. The predicted molar refractivity (Wildman–Crippen MR) is 78.7 cm³/mol. The van der Waals surface area contributed by atoms with E-state index in [0.717, 1.165) is 45.4 Å². The van der Waals surface area contributed by atoms with E-state index in [9.17, 15) is 8.42 Å². The average molecular weight is 305 g/mol. The lowest BCUT2D eigenvalue weighted by Gasteiger charge is -2.31. The van der Waals surface area contributed by atoms with Crippen LogP contribution in [-0.4, -0.2) is 58.2 Å². The fourth-order valence-electron chi connectivity index (χ4n) is 2.80. The van der Waals surface area contributed by atoms with Crippen molar-refractivity contribution in [1.29, 1.82) is 0 Å². The Kier molecular flexibility index (Phi) is 6.22. The van der Waals surface area contributed by atoms with E-state index >= 15 is 0 Å². The van der Waals surface area contributed by atoms with Crippen molar-refractivity contribution in [2.75, 3.05) is 39.3 Å². The second-order valence-corrected chi connectivity index (χ2v) is 7.39. The van der Waals surface area contributed by atoms with E-state index in [1.165, 1.54) is 0 Å². The Hall–Kier alpha value is -0.210. The normalized spacial score (nSPS) is 26.1. The molecule has 0 aromatic rings. The molecule has 20 heavy (non-hydrogen) atoms. The fraction of sp³-hybridized carbons (Fsp3) is 1.00. The van der Waals surface area contributed by atoms with Gasteiger partial charge in [-0.15, -0.1) is 0 Å². The highest BCUT2D eigenvalue weighted by atomic mass is 32.2. The summed E-state index contributed by atoms with van der Waals surface area (Å²) in [5.74, 6) is 0.597. The molecule has 0 amide bonds. The second-order valence-electron chi connectivity index (χ2n) is 5.64. The highest BCUT2D eigenvalue weighted by Crippen LogP contribution is 2.18. The maximum Gasteiger partial charge on any atom is 0.279 e. The lowest BCUT2D eigenvalue weighted by Crippen LogP contribution is -2.47. The third-order valence-corrected chi connectivity index (χ3v) is 5.69. The van der Waals surface area contributed by atoms with E-state index < -0.39 is 10.2 Å². The van der Waals surface area contributed by atoms with E-state index in [-0.39, 0.29) is 6.10 Å². The van der Waals surface area contributed by atoms with Crippen LogP contribution in [0.5, 0.6) is 0 Å². The molecule has 2 aliphatic rings. The summed E-state index contributed by atoms with van der Waals surface area (Å²) in [4.78, 5) is 0. The van der Waals surface area contributed by atoms with Crippen molar-refractivity contribution < 1.29 is 13.2 Å². The molecule has 2 fully saturated rings. The van der Waals surface area contributed by atoms with Crippen molar-refractivity contribution in [3.63, 3.8) is 0 Å². The van der Waals surface area contributed by atoms with Gasteiger partial charge in [-0.1, -0.05) is 6.92 Å². The summed E-state index contributed by atoms with van der Waals surface area (Å²) in [7, 11) is -3.33. The third kappa shape index (κ3) is 4.66. The first-order valence-corrected chi connectivity index (χ1v) is 9.13. The van der Waals surface area contributed by atoms with Crippen LogP contribution in [0.1, 0.15) is 32.6 Å². The van der Waals surface area contributed by atoms with Gasteiger partial charge in [0.05, 0.1) is 6.10 Å². The first-order chi connectivity index (χ1) is 9.62. The lowest BCUT2D eigenvalue weighted by molar-refractivity contribution is 0.114. The van der Waals surface area contributed by atoms with Gasteiger partial charge in [0.15, 0.2) is 0 Å². The fourth-order valence-corrected chi connectivity index (χ4v) is 4.07. The van der Waals surface area contributed by atoms with Crippen LogP contribution in [0.3, 0.4) is 0 Å². The molecule has 0 saturated carbocycles. The first kappa shape index (κ1) is 16.2. The molecule has 0 aromatic heterocycles. The summed E-state index contributed by atoms with van der Waals surface area (Å²) in [5, 5.41) is 3.33. The van der Waals surface area contributed by atoms with Crippen LogP contribution in [0.4, 0.5) is 0 Å². The van der Waals surface area contributed by atoms with Crippen LogP contribution < -0.4 is 10.0 Å². The van der Waals surface area contributed by atoms with Gasteiger partial charge in [0, 0.05) is 26.2 Å². The minimum Gasteiger partial charge on any atom is -0.377 e. The summed E-state index contributed by atoms with van der Waals surface area (Å²) in [6, 6.07) is 0. The van der Waals surface area contributed by atoms with Crippen molar-refractivity contribution in [1.82, 2.24) is 14.3 Å². The molecule has 0 aliphatic carbocycles. The van der Waals surface area contributed by atoms with E-state index in [2.05, 4.69) is 17.0 Å². The van der Waals surface area contributed by atoms with Crippen molar-refractivity contribution in [3.05, 3.63) is 0 Å². The molecule has 0 spiro atoms. The molecule has 7 heteroatoms. The summed E-state index contributed by atoms with van der Waals surface area (Å²) in [5.41, 5.74) is 0. The van der Waals surface area contributed by atoms with Crippen molar-refractivity contribution in [2.45, 2.75) is 38.7 Å². The highest BCUT2D eigenvalue weighted by molar-refractivity contribution is 7.87. The topological polar surface area (TPSA) is 70.7 Å². The van der Waals surface area contributed by atoms with E-state index in [1.807, 2.05) is 0 Å². The zero-order valence-electron chi connectivity index (χ0n) is 12.3. The Labute approximate surface area is 122 Å². The number of rotatable bonds is 7. The van der Waals surface area contributed by atoms with E-state index in [4.69, 9.17) is 4.74 Å². The molecule has 0 bridgehead atoms. The molecule has 0 aromatic carbocycles. The molecule has 2 rings (SSSR count). The lowest BCUT2D eigenvalue weighted by atomic mass is 9.98. The van der Waals surface area contributed by atoms with Gasteiger partial charge >= 0.3 is 0 Å². The van der Waals surface area contributed by atoms with Gasteiger partial charge in [-0.05, 0) is 44.7 Å². The maximum absolute atomic E-state index is 12.2. The first-order valence-electron chi connectivity index (χ1n) is 7.69. The quantitative estimate of drug-likeness (QED) is 0.711. The van der Waals surface area contributed by atoms with Gasteiger partial charge in [-0.3, -0.25) is 0 Å². The van der Waals surface area contributed by atoms with Crippen molar-refractivity contribution in [3.8, 4) is 0 Å². The number of ether oxygens (including phenoxy) is 1. The molecule has 2 heterocycles. The van der Waals surface area contributed by atoms with Crippen LogP contribution in [0, 0.1) is 5.92 Å². The zero-order chi connectivity index (χ0) is 14.4. The summed E-state index contributed by atoms with van der Waals surface area (Å²) in [6.45, 7) is 6.46.